The second-order valence-electron chi connectivity index (χ2n) is 8.47. The van der Waals surface area contributed by atoms with Gasteiger partial charge in [0.05, 0.1) is 6.10 Å². The van der Waals surface area contributed by atoms with Crippen molar-refractivity contribution in [3.63, 3.8) is 0 Å². The largest absolute Gasteiger partial charge is 0.379 e. The predicted molar refractivity (Wildman–Crippen MR) is 122 cm³/mol. The van der Waals surface area contributed by atoms with Gasteiger partial charge in [-0.25, -0.2) is 4.79 Å². The third-order valence-corrected chi connectivity index (χ3v) is 6.00. The molecule has 166 valence electrons. The first-order chi connectivity index (χ1) is 14.8. The van der Waals surface area contributed by atoms with Gasteiger partial charge in [0.25, 0.3) is 0 Å². The Bertz CT molecular complexity index is 914. The van der Waals surface area contributed by atoms with E-state index < -0.39 is 5.91 Å². The van der Waals surface area contributed by atoms with Crippen LogP contribution in [-0.4, -0.2) is 44.3 Å². The summed E-state index contributed by atoms with van der Waals surface area (Å²) in [7, 11) is 1.73. The van der Waals surface area contributed by atoms with Crippen LogP contribution >= 0.6 is 0 Å². The van der Waals surface area contributed by atoms with Crippen LogP contribution in [0.15, 0.2) is 48.5 Å². The molecule has 2 atom stereocenters. The van der Waals surface area contributed by atoms with Gasteiger partial charge in [0, 0.05) is 42.8 Å². The molecule has 5 N–H and O–H groups in total. The molecule has 1 aliphatic carbocycles. The predicted octanol–water partition coefficient (Wildman–Crippen LogP) is 2.80. The molecule has 0 fully saturated rings. The summed E-state index contributed by atoms with van der Waals surface area (Å²) in [5.74, 6) is -0.420. The lowest BCUT2D eigenvalue weighted by Crippen LogP contribution is -2.57. The van der Waals surface area contributed by atoms with Crippen molar-refractivity contribution in [2.45, 2.75) is 44.2 Å². The molecule has 7 heteroatoms. The van der Waals surface area contributed by atoms with E-state index in [0.717, 1.165) is 30.6 Å². The number of urea groups is 1. The van der Waals surface area contributed by atoms with Crippen LogP contribution in [0.2, 0.25) is 0 Å². The minimum atomic E-state index is -0.420. The maximum Gasteiger partial charge on any atom is 0.319 e. The maximum atomic E-state index is 12.0. The summed E-state index contributed by atoms with van der Waals surface area (Å²) in [6.07, 6.45) is 1.56. The zero-order valence-electron chi connectivity index (χ0n) is 18.4. The van der Waals surface area contributed by atoms with Gasteiger partial charge in [-0.1, -0.05) is 38.1 Å². The van der Waals surface area contributed by atoms with Crippen molar-refractivity contribution in [2.24, 2.45) is 5.73 Å². The van der Waals surface area contributed by atoms with E-state index in [1.807, 2.05) is 42.5 Å². The lowest BCUT2D eigenvalue weighted by atomic mass is 9.67. The monoisotopic (exact) mass is 424 g/mol. The summed E-state index contributed by atoms with van der Waals surface area (Å²) in [6.45, 7) is 5.60. The molecular weight excluding hydrogens is 392 g/mol. The van der Waals surface area contributed by atoms with Crippen LogP contribution < -0.4 is 21.7 Å². The molecule has 0 bridgehead atoms. The lowest BCUT2D eigenvalue weighted by molar-refractivity contribution is 0.0356. The molecule has 0 aliphatic heterocycles. The Kier molecular flexibility index (Phi) is 7.30. The number of para-hydroxylation sites is 1. The molecule has 0 aromatic heterocycles. The van der Waals surface area contributed by atoms with Crippen molar-refractivity contribution in [3.05, 3.63) is 65.2 Å². The number of hydrogen-bond donors (Lipinski definition) is 4. The van der Waals surface area contributed by atoms with Gasteiger partial charge in [-0.2, -0.15) is 0 Å². The van der Waals surface area contributed by atoms with Crippen molar-refractivity contribution in [2.75, 3.05) is 25.5 Å². The van der Waals surface area contributed by atoms with E-state index in [1.54, 1.807) is 13.2 Å². The first kappa shape index (κ1) is 22.8. The molecule has 7 nitrogen and oxygen atoms in total. The Morgan fingerprint density at radius 2 is 1.87 bits per heavy atom. The molecule has 3 amide bonds. The zero-order chi connectivity index (χ0) is 22.4. The zero-order valence-corrected chi connectivity index (χ0v) is 18.4. The Labute approximate surface area is 183 Å². The molecule has 0 heterocycles. The van der Waals surface area contributed by atoms with Crippen LogP contribution in [0.1, 0.15) is 41.8 Å². The van der Waals surface area contributed by atoms with E-state index in [1.165, 1.54) is 5.56 Å². The van der Waals surface area contributed by atoms with Crippen LogP contribution in [0.3, 0.4) is 0 Å². The van der Waals surface area contributed by atoms with Crippen molar-refractivity contribution in [1.29, 1.82) is 0 Å². The average Bonchev–Trinajstić information content (AvgIpc) is 2.75. The third kappa shape index (κ3) is 5.42. The van der Waals surface area contributed by atoms with Crippen molar-refractivity contribution >= 4 is 17.6 Å². The topological polar surface area (TPSA) is 105 Å². The fourth-order valence-corrected chi connectivity index (χ4v) is 4.33. The van der Waals surface area contributed by atoms with Crippen molar-refractivity contribution in [3.8, 4) is 0 Å². The van der Waals surface area contributed by atoms with Crippen LogP contribution in [0, 0.1) is 0 Å². The molecule has 3 rings (SSSR count). The number of carbonyl (C=O) groups is 2. The molecule has 2 aromatic rings. The Hall–Kier alpha value is -2.90. The highest BCUT2D eigenvalue weighted by Crippen LogP contribution is 2.38. The Balaban J connectivity index is 1.56. The number of nitrogens with two attached hydrogens (primary N) is 1. The number of hydrogen-bond acceptors (Lipinski definition) is 4. The number of anilines is 1. The molecule has 1 aliphatic rings. The summed E-state index contributed by atoms with van der Waals surface area (Å²) < 4.78 is 5.80. The molecule has 2 unspecified atom stereocenters. The van der Waals surface area contributed by atoms with E-state index >= 15 is 0 Å². The van der Waals surface area contributed by atoms with Gasteiger partial charge in [-0.3, -0.25) is 4.79 Å². The summed E-state index contributed by atoms with van der Waals surface area (Å²) in [6, 6.07) is 14.9. The number of fused-ring (bicyclic) bond motifs is 1. The molecular formula is C24H32N4O3. The van der Waals surface area contributed by atoms with E-state index in [-0.39, 0.29) is 23.6 Å². The first-order valence-electron chi connectivity index (χ1n) is 10.6. The SMILES string of the molecule is COC1Cc2ccc(C(N)=O)cc2C(C)(C)C1NCCCNC(=O)Nc1ccccc1. The molecule has 0 saturated heterocycles. The molecule has 0 radical (unpaired) electrons. The van der Waals surface area contributed by atoms with E-state index in [2.05, 4.69) is 29.8 Å². The molecule has 31 heavy (non-hydrogen) atoms. The number of ether oxygens (including phenoxy) is 1. The van der Waals surface area contributed by atoms with Gasteiger partial charge >= 0.3 is 6.03 Å². The second-order valence-corrected chi connectivity index (χ2v) is 8.47. The standard InChI is InChI=1S/C24H32N4O3/c1-24(2)19-14-17(22(25)29)11-10-16(19)15-20(31-3)21(24)26-12-7-13-27-23(30)28-18-8-5-4-6-9-18/h4-6,8-11,14,20-21,26H,7,12-13,15H2,1-3H3,(H2,25,29)(H2,27,28,30). The quantitative estimate of drug-likeness (QED) is 0.489. The fourth-order valence-electron chi connectivity index (χ4n) is 4.33. The molecule has 0 saturated carbocycles. The average molecular weight is 425 g/mol. The lowest BCUT2D eigenvalue weighted by Gasteiger charge is -2.45. The minimum Gasteiger partial charge on any atom is -0.379 e. The number of rotatable bonds is 8. The van der Waals surface area contributed by atoms with Gasteiger partial charge in [0.1, 0.15) is 0 Å². The number of primary amides is 1. The minimum absolute atomic E-state index is 0.0104. The van der Waals surface area contributed by atoms with Gasteiger partial charge in [-0.15, -0.1) is 0 Å². The summed E-state index contributed by atoms with van der Waals surface area (Å²) in [5, 5.41) is 9.30. The molecule has 2 aromatic carbocycles. The van der Waals surface area contributed by atoms with E-state index in [0.29, 0.717) is 12.1 Å². The van der Waals surface area contributed by atoms with Crippen LogP contribution in [0.5, 0.6) is 0 Å². The number of methoxy groups -OCH3 is 1. The third-order valence-electron chi connectivity index (χ3n) is 6.00. The maximum absolute atomic E-state index is 12.0. The van der Waals surface area contributed by atoms with E-state index in [9.17, 15) is 9.59 Å². The van der Waals surface area contributed by atoms with Crippen LogP contribution in [0.4, 0.5) is 10.5 Å². The number of nitrogens with one attached hydrogen (secondary N) is 3. The highest BCUT2D eigenvalue weighted by Gasteiger charge is 2.42. The van der Waals surface area contributed by atoms with Gasteiger partial charge < -0.3 is 26.4 Å². The van der Waals surface area contributed by atoms with Gasteiger partial charge in [0.2, 0.25) is 5.91 Å². The van der Waals surface area contributed by atoms with Gasteiger partial charge in [-0.05, 0) is 48.4 Å². The second kappa shape index (κ2) is 9.94. The fraction of sp³-hybridized carbons (Fsp3) is 0.417. The van der Waals surface area contributed by atoms with Crippen molar-refractivity contribution in [1.82, 2.24) is 10.6 Å². The summed E-state index contributed by atoms with van der Waals surface area (Å²) in [4.78, 5) is 23.7. The highest BCUT2D eigenvalue weighted by atomic mass is 16.5. The number of carbonyl (C=O) groups excluding carboxylic acids is 2. The van der Waals surface area contributed by atoms with Crippen molar-refractivity contribution < 1.29 is 14.3 Å². The van der Waals surface area contributed by atoms with Crippen LogP contribution in [-0.2, 0) is 16.6 Å². The number of benzene rings is 2. The summed E-state index contributed by atoms with van der Waals surface area (Å²) >= 11 is 0. The first-order valence-corrected chi connectivity index (χ1v) is 10.6. The van der Waals surface area contributed by atoms with Gasteiger partial charge in [0.15, 0.2) is 0 Å². The normalized spacial score (nSPS) is 19.3. The Morgan fingerprint density at radius 1 is 1.13 bits per heavy atom. The smallest absolute Gasteiger partial charge is 0.319 e. The summed E-state index contributed by atoms with van der Waals surface area (Å²) in [5.41, 5.74) is 8.83. The van der Waals surface area contributed by atoms with E-state index in [4.69, 9.17) is 10.5 Å². The highest BCUT2D eigenvalue weighted by molar-refractivity contribution is 5.93. The van der Waals surface area contributed by atoms with Crippen LogP contribution in [0.25, 0.3) is 0 Å². The Morgan fingerprint density at radius 3 is 2.55 bits per heavy atom. The number of amides is 3. The molecule has 0 spiro atoms.